The number of rotatable bonds is 5. The number of likely N-dealkylation sites (tertiary alicyclic amines) is 1. The zero-order valence-corrected chi connectivity index (χ0v) is 17.8. The van der Waals surface area contributed by atoms with Crippen LogP contribution in [0.4, 0.5) is 5.69 Å². The van der Waals surface area contributed by atoms with Gasteiger partial charge in [0.15, 0.2) is 0 Å². The quantitative estimate of drug-likeness (QED) is 0.630. The molecule has 6 nitrogen and oxygen atoms in total. The van der Waals surface area contributed by atoms with Gasteiger partial charge in [0, 0.05) is 30.8 Å². The number of amides is 1. The Morgan fingerprint density at radius 1 is 1.00 bits per heavy atom. The summed E-state index contributed by atoms with van der Waals surface area (Å²) in [6.45, 7) is 1.89. The van der Waals surface area contributed by atoms with Gasteiger partial charge in [0.25, 0.3) is 5.91 Å². The van der Waals surface area contributed by atoms with E-state index >= 15 is 0 Å². The number of β-amino-alcohol motifs (C(OH)–C–C–N with tert-alkyl or cyclic N) is 1. The number of hydrogen-bond acceptors (Lipinski definition) is 5. The number of nitrogens with zero attached hydrogens (tertiary/aromatic N) is 2. The smallest absolute Gasteiger partial charge is 0.329 e. The molecule has 0 saturated carbocycles. The summed E-state index contributed by atoms with van der Waals surface area (Å²) in [5.41, 5.74) is 3.00. The van der Waals surface area contributed by atoms with Gasteiger partial charge in [-0.15, -0.1) is 0 Å². The molecule has 1 fully saturated rings. The maximum absolute atomic E-state index is 13.2. The van der Waals surface area contributed by atoms with Gasteiger partial charge < -0.3 is 19.6 Å². The molecular weight excluding hydrogens is 404 g/mol. The molecule has 2 aliphatic rings. The Labute approximate surface area is 187 Å². The van der Waals surface area contributed by atoms with Crippen LogP contribution in [0, 0.1) is 0 Å². The summed E-state index contributed by atoms with van der Waals surface area (Å²) in [6, 6.07) is 20.8. The molecule has 32 heavy (non-hydrogen) atoms. The maximum atomic E-state index is 13.2. The maximum Gasteiger partial charge on any atom is 0.329 e. The highest BCUT2D eigenvalue weighted by atomic mass is 16.5. The fraction of sp³-hybridized carbons (Fsp3) is 0.308. The lowest BCUT2D eigenvalue weighted by Crippen LogP contribution is -2.42. The molecule has 2 heterocycles. The zero-order chi connectivity index (χ0) is 22.1. The third kappa shape index (κ3) is 3.94. The molecular formula is C26H26N2O4. The Balaban J connectivity index is 1.24. The first kappa shape index (κ1) is 20.5. The van der Waals surface area contributed by atoms with Gasteiger partial charge in [-0.25, -0.2) is 4.79 Å². The minimum absolute atomic E-state index is 0.130. The molecule has 5 rings (SSSR count). The number of carbonyl (C=O) groups is 2. The predicted octanol–water partition coefficient (Wildman–Crippen LogP) is 3.02. The second-order valence-corrected chi connectivity index (χ2v) is 8.46. The second kappa shape index (κ2) is 8.63. The van der Waals surface area contributed by atoms with Crippen molar-refractivity contribution in [1.29, 1.82) is 0 Å². The number of esters is 1. The summed E-state index contributed by atoms with van der Waals surface area (Å²) in [6.07, 6.45) is 0.458. The van der Waals surface area contributed by atoms with Crippen molar-refractivity contribution in [2.45, 2.75) is 25.0 Å². The lowest BCUT2D eigenvalue weighted by atomic mass is 10.1. The summed E-state index contributed by atoms with van der Waals surface area (Å²) in [7, 11) is 0. The van der Waals surface area contributed by atoms with E-state index in [9.17, 15) is 14.7 Å². The summed E-state index contributed by atoms with van der Waals surface area (Å²) < 4.78 is 5.55. The zero-order valence-electron chi connectivity index (χ0n) is 17.8. The highest BCUT2D eigenvalue weighted by Crippen LogP contribution is 2.27. The van der Waals surface area contributed by atoms with E-state index in [2.05, 4.69) is 17.0 Å². The molecule has 164 valence electrons. The summed E-state index contributed by atoms with van der Waals surface area (Å²) in [4.78, 5) is 29.7. The molecule has 2 unspecified atom stereocenters. The first-order valence-corrected chi connectivity index (χ1v) is 11.1. The first-order chi connectivity index (χ1) is 15.6. The number of para-hydroxylation sites is 1. The Bertz CT molecular complexity index is 1160. The number of aliphatic hydroxyl groups is 1. The van der Waals surface area contributed by atoms with Crippen molar-refractivity contribution in [3.8, 4) is 0 Å². The van der Waals surface area contributed by atoms with Gasteiger partial charge >= 0.3 is 5.97 Å². The van der Waals surface area contributed by atoms with E-state index in [1.807, 2.05) is 48.5 Å². The van der Waals surface area contributed by atoms with Gasteiger partial charge in [0.1, 0.15) is 12.6 Å². The van der Waals surface area contributed by atoms with Crippen LogP contribution in [0.15, 0.2) is 66.7 Å². The Morgan fingerprint density at radius 3 is 2.66 bits per heavy atom. The number of benzene rings is 3. The molecule has 0 bridgehead atoms. The Hall–Kier alpha value is -3.38. The normalized spacial score (nSPS) is 19.9. The van der Waals surface area contributed by atoms with Gasteiger partial charge in [-0.2, -0.15) is 0 Å². The standard InChI is InChI=1S/C26H26N2O4/c29-22-16-24(26(31)32-14-13-27-12-11-19-6-3-4-8-23(19)27)28(17-22)25(30)21-10-9-18-5-1-2-7-20(18)15-21/h1-10,15,22,24,29H,11-14,16-17H2. The predicted molar refractivity (Wildman–Crippen MR) is 123 cm³/mol. The third-order valence-corrected chi connectivity index (χ3v) is 6.40. The number of carbonyl (C=O) groups excluding carboxylic acids is 2. The van der Waals surface area contributed by atoms with Crippen molar-refractivity contribution in [1.82, 2.24) is 4.90 Å². The van der Waals surface area contributed by atoms with Crippen LogP contribution in [0.2, 0.25) is 0 Å². The van der Waals surface area contributed by atoms with E-state index in [1.165, 1.54) is 16.2 Å². The van der Waals surface area contributed by atoms with Gasteiger partial charge in [0.2, 0.25) is 0 Å². The van der Waals surface area contributed by atoms with E-state index in [1.54, 1.807) is 6.07 Å². The van der Waals surface area contributed by atoms with Crippen molar-refractivity contribution >= 4 is 28.3 Å². The van der Waals surface area contributed by atoms with Crippen LogP contribution in [0.25, 0.3) is 10.8 Å². The minimum atomic E-state index is -0.769. The van der Waals surface area contributed by atoms with Crippen LogP contribution < -0.4 is 4.90 Å². The summed E-state index contributed by atoms with van der Waals surface area (Å²) in [5, 5.41) is 12.2. The van der Waals surface area contributed by atoms with Crippen LogP contribution in [0.1, 0.15) is 22.3 Å². The highest BCUT2D eigenvalue weighted by Gasteiger charge is 2.40. The van der Waals surface area contributed by atoms with E-state index in [0.717, 1.165) is 23.7 Å². The van der Waals surface area contributed by atoms with Gasteiger partial charge in [0.05, 0.1) is 12.6 Å². The third-order valence-electron chi connectivity index (χ3n) is 6.40. The number of aliphatic hydroxyl groups excluding tert-OH is 1. The van der Waals surface area contributed by atoms with Gasteiger partial charge in [-0.05, 0) is 41.0 Å². The Morgan fingerprint density at radius 2 is 1.78 bits per heavy atom. The number of fused-ring (bicyclic) bond motifs is 2. The van der Waals surface area contributed by atoms with Crippen molar-refractivity contribution in [2.24, 2.45) is 0 Å². The fourth-order valence-corrected chi connectivity index (χ4v) is 4.74. The number of hydrogen-bond donors (Lipinski definition) is 1. The Kier molecular flexibility index (Phi) is 5.53. The monoisotopic (exact) mass is 430 g/mol. The minimum Gasteiger partial charge on any atom is -0.462 e. The highest BCUT2D eigenvalue weighted by molar-refractivity contribution is 6.00. The first-order valence-electron chi connectivity index (χ1n) is 11.1. The van der Waals surface area contributed by atoms with Gasteiger partial charge in [-0.3, -0.25) is 4.79 Å². The largest absolute Gasteiger partial charge is 0.462 e. The van der Waals surface area contributed by atoms with Crippen molar-refractivity contribution in [2.75, 3.05) is 31.1 Å². The number of ether oxygens (including phenoxy) is 1. The van der Waals surface area contributed by atoms with Crippen LogP contribution in [-0.4, -0.2) is 60.3 Å². The summed E-state index contributed by atoms with van der Waals surface area (Å²) >= 11 is 0. The second-order valence-electron chi connectivity index (χ2n) is 8.46. The SMILES string of the molecule is O=C(OCCN1CCc2ccccc21)C1CC(O)CN1C(=O)c1ccc2ccccc2c1. The topological polar surface area (TPSA) is 70.1 Å². The molecule has 1 saturated heterocycles. The fourth-order valence-electron chi connectivity index (χ4n) is 4.74. The lowest BCUT2D eigenvalue weighted by Gasteiger charge is -2.24. The average Bonchev–Trinajstić information content (AvgIpc) is 3.42. The average molecular weight is 431 g/mol. The molecule has 1 amide bonds. The molecule has 3 aromatic carbocycles. The van der Waals surface area contributed by atoms with Crippen LogP contribution in [0.5, 0.6) is 0 Å². The number of anilines is 1. The molecule has 0 aliphatic carbocycles. The van der Waals surface area contributed by atoms with E-state index in [0.29, 0.717) is 12.1 Å². The van der Waals surface area contributed by atoms with Crippen molar-refractivity contribution in [3.05, 3.63) is 77.9 Å². The molecule has 6 heteroatoms. The molecule has 0 spiro atoms. The van der Waals surface area contributed by atoms with E-state index in [4.69, 9.17) is 4.74 Å². The lowest BCUT2D eigenvalue weighted by molar-refractivity contribution is -0.147. The van der Waals surface area contributed by atoms with Crippen LogP contribution in [0.3, 0.4) is 0 Å². The van der Waals surface area contributed by atoms with Crippen LogP contribution in [-0.2, 0) is 16.0 Å². The van der Waals surface area contributed by atoms with Gasteiger partial charge in [-0.1, -0.05) is 48.5 Å². The molecule has 0 aromatic heterocycles. The summed E-state index contributed by atoms with van der Waals surface area (Å²) in [5.74, 6) is -0.717. The van der Waals surface area contributed by atoms with E-state index in [-0.39, 0.29) is 25.5 Å². The molecule has 2 atom stereocenters. The molecule has 2 aliphatic heterocycles. The molecule has 1 N–H and O–H groups in total. The van der Waals surface area contributed by atoms with Crippen molar-refractivity contribution < 1.29 is 19.4 Å². The van der Waals surface area contributed by atoms with Crippen LogP contribution >= 0.6 is 0 Å². The van der Waals surface area contributed by atoms with Crippen molar-refractivity contribution in [3.63, 3.8) is 0 Å². The molecule has 3 aromatic rings. The molecule has 0 radical (unpaired) electrons. The van der Waals surface area contributed by atoms with E-state index < -0.39 is 18.1 Å².